The molecule has 2 nitrogen and oxygen atoms in total. The fourth-order valence-corrected chi connectivity index (χ4v) is 1.96. The first kappa shape index (κ1) is 14.5. The Bertz CT molecular complexity index is 578. The summed E-state index contributed by atoms with van der Waals surface area (Å²) in [5.74, 6) is 0.321. The lowest BCUT2D eigenvalue weighted by molar-refractivity contribution is -0.525. The Morgan fingerprint density at radius 2 is 1.89 bits per heavy atom. The number of hydrogen-bond donors (Lipinski definition) is 1. The Labute approximate surface area is 118 Å². The standard InChI is InChI=1S/C15H15NO.BrH/c1-3-10-16(2)11-14-13-7-5-4-6-12(13)8-9-15(14)17;/h3-9H,1-2,10-11H2;1H. The number of fused-ring (bicyclic) bond motifs is 1. The van der Waals surface area contributed by atoms with Crippen LogP contribution in [-0.4, -0.2) is 22.9 Å². The van der Waals surface area contributed by atoms with Crippen LogP contribution >= 0.6 is 0 Å². The molecule has 0 amide bonds. The molecule has 0 fully saturated rings. The Balaban J connectivity index is 0.00000162. The van der Waals surface area contributed by atoms with Crippen molar-refractivity contribution in [2.45, 2.75) is 6.54 Å². The van der Waals surface area contributed by atoms with Gasteiger partial charge in [-0.3, -0.25) is 0 Å². The van der Waals surface area contributed by atoms with Gasteiger partial charge in [0.05, 0.1) is 5.56 Å². The van der Waals surface area contributed by atoms with Gasteiger partial charge >= 0.3 is 0 Å². The van der Waals surface area contributed by atoms with Gasteiger partial charge in [-0.25, -0.2) is 4.58 Å². The Hall–Kier alpha value is -1.61. The minimum absolute atomic E-state index is 0. The van der Waals surface area contributed by atoms with Gasteiger partial charge in [0.2, 0.25) is 0 Å². The average Bonchev–Trinajstić information content (AvgIpc) is 2.33. The Morgan fingerprint density at radius 3 is 2.61 bits per heavy atom. The molecule has 0 aliphatic heterocycles. The number of benzene rings is 2. The summed E-state index contributed by atoms with van der Waals surface area (Å²) in [5.41, 5.74) is 0.917. The van der Waals surface area contributed by atoms with Crippen LogP contribution in [0.5, 0.6) is 5.75 Å². The number of halogens is 1. The van der Waals surface area contributed by atoms with Crippen molar-refractivity contribution in [3.8, 4) is 5.75 Å². The summed E-state index contributed by atoms with van der Waals surface area (Å²) in [5, 5.41) is 12.2. The van der Waals surface area contributed by atoms with E-state index in [4.69, 9.17) is 0 Å². The summed E-state index contributed by atoms with van der Waals surface area (Å²) in [4.78, 5) is 0. The average molecular weight is 306 g/mol. The third kappa shape index (κ3) is 2.99. The van der Waals surface area contributed by atoms with E-state index in [1.54, 1.807) is 12.1 Å². The smallest absolute Gasteiger partial charge is 0.172 e. The van der Waals surface area contributed by atoms with E-state index in [1.807, 2.05) is 34.9 Å². The maximum absolute atomic E-state index is 9.95. The summed E-state index contributed by atoms with van der Waals surface area (Å²) >= 11 is 0. The highest BCUT2D eigenvalue weighted by Crippen LogP contribution is 2.27. The summed E-state index contributed by atoms with van der Waals surface area (Å²) in [6.45, 7) is 8.91. The van der Waals surface area contributed by atoms with Crippen LogP contribution in [0.2, 0.25) is 0 Å². The second-order valence-electron chi connectivity index (χ2n) is 4.08. The number of phenols is 1. The number of hydrogen-bond acceptors (Lipinski definition) is 1. The molecule has 94 valence electrons. The molecule has 0 aromatic heterocycles. The molecule has 0 saturated heterocycles. The minimum Gasteiger partial charge on any atom is -1.00 e. The van der Waals surface area contributed by atoms with Crippen LogP contribution in [0, 0.1) is 0 Å². The molecule has 0 atom stereocenters. The van der Waals surface area contributed by atoms with E-state index in [2.05, 4.69) is 13.3 Å². The van der Waals surface area contributed by atoms with Gasteiger partial charge in [-0.15, -0.1) is 0 Å². The van der Waals surface area contributed by atoms with Gasteiger partial charge in [0.25, 0.3) is 0 Å². The van der Waals surface area contributed by atoms with Gasteiger partial charge in [-0.1, -0.05) is 36.9 Å². The lowest BCUT2D eigenvalue weighted by Gasteiger charge is -2.07. The largest absolute Gasteiger partial charge is 1.00 e. The normalized spacial score (nSPS) is 9.78. The fourth-order valence-electron chi connectivity index (χ4n) is 1.96. The van der Waals surface area contributed by atoms with E-state index in [9.17, 15) is 5.11 Å². The third-order valence-electron chi connectivity index (χ3n) is 2.78. The van der Waals surface area contributed by atoms with Gasteiger partial charge in [0.1, 0.15) is 12.5 Å². The first-order valence-corrected chi connectivity index (χ1v) is 5.58. The predicted molar refractivity (Wildman–Crippen MR) is 71.8 cm³/mol. The second kappa shape index (κ2) is 6.36. The van der Waals surface area contributed by atoms with E-state index < -0.39 is 0 Å². The molecule has 2 rings (SSSR count). The molecular formula is C15H16BrNO. The van der Waals surface area contributed by atoms with Crippen LogP contribution < -0.4 is 17.0 Å². The van der Waals surface area contributed by atoms with Crippen LogP contribution in [0.1, 0.15) is 5.56 Å². The Kier molecular flexibility index (Phi) is 5.10. The molecule has 0 saturated carbocycles. The van der Waals surface area contributed by atoms with Crippen molar-refractivity contribution in [2.75, 3.05) is 6.54 Å². The van der Waals surface area contributed by atoms with Crippen molar-refractivity contribution in [1.29, 1.82) is 0 Å². The highest BCUT2D eigenvalue weighted by Gasteiger charge is 2.11. The minimum atomic E-state index is 0. The predicted octanol–water partition coefficient (Wildman–Crippen LogP) is -0.0515. The maximum Gasteiger partial charge on any atom is 0.172 e. The van der Waals surface area contributed by atoms with Gasteiger partial charge < -0.3 is 22.1 Å². The molecule has 18 heavy (non-hydrogen) atoms. The molecule has 0 aliphatic carbocycles. The van der Waals surface area contributed by atoms with Gasteiger partial charge in [-0.2, -0.15) is 0 Å². The van der Waals surface area contributed by atoms with E-state index >= 15 is 0 Å². The molecule has 0 bridgehead atoms. The van der Waals surface area contributed by atoms with Gasteiger partial charge in [0.15, 0.2) is 13.1 Å². The quantitative estimate of drug-likeness (QED) is 0.478. The first-order valence-electron chi connectivity index (χ1n) is 5.58. The highest BCUT2D eigenvalue weighted by molar-refractivity contribution is 5.87. The van der Waals surface area contributed by atoms with Crippen molar-refractivity contribution in [1.82, 2.24) is 0 Å². The molecule has 2 aromatic rings. The third-order valence-corrected chi connectivity index (χ3v) is 2.78. The van der Waals surface area contributed by atoms with Crippen molar-refractivity contribution in [3.63, 3.8) is 0 Å². The summed E-state index contributed by atoms with van der Waals surface area (Å²) in [7, 11) is 0. The van der Waals surface area contributed by atoms with Crippen molar-refractivity contribution >= 4 is 17.5 Å². The molecule has 0 aliphatic rings. The molecule has 0 radical (unpaired) electrons. The number of nitrogens with zero attached hydrogens (tertiary/aromatic N) is 1. The monoisotopic (exact) mass is 305 g/mol. The van der Waals surface area contributed by atoms with Crippen LogP contribution in [0.3, 0.4) is 0 Å². The van der Waals surface area contributed by atoms with E-state index in [-0.39, 0.29) is 17.0 Å². The van der Waals surface area contributed by atoms with Crippen molar-refractivity contribution < 1.29 is 26.7 Å². The zero-order chi connectivity index (χ0) is 12.3. The fraction of sp³-hybridized carbons (Fsp3) is 0.133. The second-order valence-corrected chi connectivity index (χ2v) is 4.08. The molecule has 0 spiro atoms. The highest BCUT2D eigenvalue weighted by atomic mass is 79.9. The zero-order valence-electron chi connectivity index (χ0n) is 10.1. The van der Waals surface area contributed by atoms with E-state index in [0.29, 0.717) is 18.8 Å². The molecule has 2 aromatic carbocycles. The summed E-state index contributed by atoms with van der Waals surface area (Å²) in [6.07, 6.45) is 1.80. The lowest BCUT2D eigenvalue weighted by atomic mass is 10.0. The van der Waals surface area contributed by atoms with Crippen LogP contribution in [0.25, 0.3) is 10.8 Å². The van der Waals surface area contributed by atoms with Crippen molar-refractivity contribution in [3.05, 3.63) is 54.6 Å². The number of phenolic OH excluding ortho intramolecular Hbond substituents is 1. The molecular weight excluding hydrogens is 290 g/mol. The van der Waals surface area contributed by atoms with E-state index in [0.717, 1.165) is 16.3 Å². The molecule has 1 N–H and O–H groups in total. The summed E-state index contributed by atoms with van der Waals surface area (Å²) in [6, 6.07) is 11.7. The van der Waals surface area contributed by atoms with Crippen LogP contribution in [0.15, 0.2) is 49.1 Å². The van der Waals surface area contributed by atoms with Crippen LogP contribution in [-0.2, 0) is 6.54 Å². The van der Waals surface area contributed by atoms with Crippen LogP contribution in [0.4, 0.5) is 0 Å². The zero-order valence-corrected chi connectivity index (χ0v) is 11.7. The molecule has 0 heterocycles. The number of aromatic hydroxyl groups is 1. The topological polar surface area (TPSA) is 23.2 Å². The SMILES string of the molecule is C=CC[N+](=C)Cc1c(O)ccc2ccccc12.[Br-]. The first-order chi connectivity index (χ1) is 8.22. The van der Waals surface area contributed by atoms with E-state index in [1.165, 1.54) is 0 Å². The summed E-state index contributed by atoms with van der Waals surface area (Å²) < 4.78 is 1.87. The molecule has 0 unspecified atom stereocenters. The Morgan fingerprint density at radius 1 is 1.17 bits per heavy atom. The van der Waals surface area contributed by atoms with Crippen molar-refractivity contribution in [2.24, 2.45) is 0 Å². The molecule has 3 heteroatoms. The van der Waals surface area contributed by atoms with Gasteiger partial charge in [0, 0.05) is 0 Å². The van der Waals surface area contributed by atoms with Gasteiger partial charge in [-0.05, 0) is 22.9 Å². The number of rotatable bonds is 4. The lowest BCUT2D eigenvalue weighted by Crippen LogP contribution is -3.00. The maximum atomic E-state index is 9.95.